The molecule has 0 amide bonds. The second-order valence-corrected chi connectivity index (χ2v) is 9.88. The lowest BCUT2D eigenvalue weighted by Gasteiger charge is -2.33. The highest BCUT2D eigenvalue weighted by molar-refractivity contribution is 8.00. The van der Waals surface area contributed by atoms with Crippen molar-refractivity contribution in [2.75, 3.05) is 19.6 Å². The van der Waals surface area contributed by atoms with Gasteiger partial charge < -0.3 is 14.6 Å². The number of nitrogens with zero attached hydrogens (tertiary/aromatic N) is 1. The largest absolute Gasteiger partial charge is 0.454 e. The van der Waals surface area contributed by atoms with Gasteiger partial charge in [-0.25, -0.2) is 13.6 Å². The van der Waals surface area contributed by atoms with Crippen molar-refractivity contribution in [3.05, 3.63) is 52.5 Å². The van der Waals surface area contributed by atoms with Crippen LogP contribution in [0.15, 0.2) is 41.3 Å². The molecule has 28 heavy (non-hydrogen) atoms. The summed E-state index contributed by atoms with van der Waals surface area (Å²) in [4.78, 5) is 1.64. The maximum atomic E-state index is 11.8. The molecule has 0 bridgehead atoms. The molecule has 3 N–H and O–H groups in total. The van der Waals surface area contributed by atoms with E-state index in [9.17, 15) is 13.5 Å². The third-order valence-corrected chi connectivity index (χ3v) is 7.87. The Morgan fingerprint density at radius 2 is 2.04 bits per heavy atom. The van der Waals surface area contributed by atoms with Crippen LogP contribution in [0.4, 0.5) is 0 Å². The van der Waals surface area contributed by atoms with Crippen LogP contribution in [-0.4, -0.2) is 43.4 Å². The lowest BCUT2D eigenvalue weighted by Crippen LogP contribution is -2.44. The highest BCUT2D eigenvalue weighted by Gasteiger charge is 2.45. The first-order valence-electron chi connectivity index (χ1n) is 8.47. The monoisotopic (exact) mass is 442 g/mol. The Kier molecular flexibility index (Phi) is 5.01. The van der Waals surface area contributed by atoms with Crippen LogP contribution in [0.2, 0.25) is 5.02 Å². The summed E-state index contributed by atoms with van der Waals surface area (Å²) in [6.45, 7) is 0.222. The maximum absolute atomic E-state index is 11.8. The summed E-state index contributed by atoms with van der Waals surface area (Å²) >= 11 is 7.56. The van der Waals surface area contributed by atoms with E-state index in [0.29, 0.717) is 23.5 Å². The van der Waals surface area contributed by atoms with Gasteiger partial charge in [0.15, 0.2) is 17.2 Å². The van der Waals surface area contributed by atoms with Gasteiger partial charge in [-0.05, 0) is 43.3 Å². The second-order valence-electron chi connectivity index (χ2n) is 6.78. The SMILES string of the molecule is CN1C(Cc2ccc3c(c2)OCO3)SCC1(O)c1ccc(Cl)c(S(N)(=O)=O)c1. The van der Waals surface area contributed by atoms with Gasteiger partial charge in [-0.15, -0.1) is 11.8 Å². The summed E-state index contributed by atoms with van der Waals surface area (Å²) in [5.41, 5.74) is 0.152. The Balaban J connectivity index is 1.59. The molecule has 0 radical (unpaired) electrons. The molecule has 10 heteroatoms. The number of aliphatic hydroxyl groups is 1. The number of nitrogens with two attached hydrogens (primary N) is 1. The van der Waals surface area contributed by atoms with Crippen LogP contribution in [0.25, 0.3) is 0 Å². The quantitative estimate of drug-likeness (QED) is 0.747. The molecule has 1 saturated heterocycles. The van der Waals surface area contributed by atoms with Gasteiger partial charge in [-0.3, -0.25) is 4.90 Å². The molecule has 2 aliphatic heterocycles. The van der Waals surface area contributed by atoms with Crippen molar-refractivity contribution in [1.29, 1.82) is 0 Å². The third kappa shape index (κ3) is 3.47. The van der Waals surface area contributed by atoms with Crippen molar-refractivity contribution >= 4 is 33.4 Å². The van der Waals surface area contributed by atoms with Gasteiger partial charge in [0.25, 0.3) is 0 Å². The Bertz CT molecular complexity index is 1030. The molecule has 7 nitrogen and oxygen atoms in total. The average Bonchev–Trinajstić information content (AvgIpc) is 3.21. The van der Waals surface area contributed by atoms with Gasteiger partial charge in [0.1, 0.15) is 4.90 Å². The molecule has 0 saturated carbocycles. The van der Waals surface area contributed by atoms with E-state index in [4.69, 9.17) is 26.2 Å². The maximum Gasteiger partial charge on any atom is 0.239 e. The number of likely N-dealkylation sites (N-methyl/N-ethyl adjacent to an activating group) is 1. The smallest absolute Gasteiger partial charge is 0.239 e. The molecular weight excluding hydrogens is 424 g/mol. The van der Waals surface area contributed by atoms with Crippen LogP contribution in [0.1, 0.15) is 11.1 Å². The summed E-state index contributed by atoms with van der Waals surface area (Å²) in [5.74, 6) is 1.82. The number of thioether (sulfide) groups is 1. The van der Waals surface area contributed by atoms with E-state index in [0.717, 1.165) is 11.3 Å². The Morgan fingerprint density at radius 1 is 1.29 bits per heavy atom. The predicted molar refractivity (Wildman–Crippen MR) is 107 cm³/mol. The zero-order valence-electron chi connectivity index (χ0n) is 15.0. The number of fused-ring (bicyclic) bond motifs is 1. The predicted octanol–water partition coefficient (Wildman–Crippen LogP) is 2.11. The number of halogens is 1. The molecule has 150 valence electrons. The fourth-order valence-corrected chi connectivity index (χ4v) is 5.96. The molecule has 0 spiro atoms. The minimum absolute atomic E-state index is 0.0148. The molecule has 2 atom stereocenters. The van der Waals surface area contributed by atoms with Crippen LogP contribution in [0, 0.1) is 0 Å². The van der Waals surface area contributed by atoms with Crippen molar-refractivity contribution in [2.24, 2.45) is 5.14 Å². The molecule has 2 aromatic rings. The fraction of sp³-hybridized carbons (Fsp3) is 0.333. The summed E-state index contributed by atoms with van der Waals surface area (Å²) < 4.78 is 34.3. The van der Waals surface area contributed by atoms with Crippen molar-refractivity contribution in [1.82, 2.24) is 4.90 Å². The zero-order chi connectivity index (χ0) is 20.1. The summed E-state index contributed by atoms with van der Waals surface area (Å²) in [6.07, 6.45) is 0.676. The number of sulfonamides is 1. The van der Waals surface area contributed by atoms with Gasteiger partial charge in [0.2, 0.25) is 16.8 Å². The zero-order valence-corrected chi connectivity index (χ0v) is 17.4. The minimum atomic E-state index is -3.99. The van der Waals surface area contributed by atoms with Crippen molar-refractivity contribution in [3.63, 3.8) is 0 Å². The van der Waals surface area contributed by atoms with Gasteiger partial charge >= 0.3 is 0 Å². The number of hydrogen-bond donors (Lipinski definition) is 2. The summed E-state index contributed by atoms with van der Waals surface area (Å²) in [5, 5.41) is 16.6. The molecule has 2 heterocycles. The number of benzene rings is 2. The van der Waals surface area contributed by atoms with E-state index >= 15 is 0 Å². The van der Waals surface area contributed by atoms with Crippen molar-refractivity contribution in [2.45, 2.75) is 22.4 Å². The standard InChI is InChI=1S/C18H19ClN2O5S2/c1-21-17(7-11-2-5-14-15(6-11)26-10-25-14)27-9-18(21,22)12-3-4-13(19)16(8-12)28(20,23)24/h2-6,8,17,22H,7,9-10H2,1H3,(H2,20,23,24). The fourth-order valence-electron chi connectivity index (χ4n) is 3.39. The van der Waals surface area contributed by atoms with Crippen LogP contribution in [0.5, 0.6) is 11.5 Å². The molecule has 4 rings (SSSR count). The van der Waals surface area contributed by atoms with Crippen LogP contribution >= 0.6 is 23.4 Å². The molecule has 1 fully saturated rings. The summed E-state index contributed by atoms with van der Waals surface area (Å²) in [7, 11) is -2.18. The topological polar surface area (TPSA) is 102 Å². The summed E-state index contributed by atoms with van der Waals surface area (Å²) in [6, 6.07) is 10.2. The van der Waals surface area contributed by atoms with E-state index in [1.165, 1.54) is 12.1 Å². The van der Waals surface area contributed by atoms with E-state index in [-0.39, 0.29) is 22.1 Å². The lowest BCUT2D eigenvalue weighted by molar-refractivity contribution is -0.0769. The Labute approximate surface area is 172 Å². The first-order chi connectivity index (χ1) is 13.2. The molecule has 2 aliphatic rings. The number of hydrogen-bond acceptors (Lipinski definition) is 7. The van der Waals surface area contributed by atoms with E-state index in [1.54, 1.807) is 17.8 Å². The highest BCUT2D eigenvalue weighted by Crippen LogP contribution is 2.43. The Morgan fingerprint density at radius 3 is 2.79 bits per heavy atom. The van der Waals surface area contributed by atoms with Crippen molar-refractivity contribution in [3.8, 4) is 11.5 Å². The van der Waals surface area contributed by atoms with Gasteiger partial charge in [-0.2, -0.15) is 0 Å². The molecule has 2 unspecified atom stereocenters. The average molecular weight is 443 g/mol. The first kappa shape index (κ1) is 19.8. The van der Waals surface area contributed by atoms with Crippen LogP contribution in [0.3, 0.4) is 0 Å². The van der Waals surface area contributed by atoms with Gasteiger partial charge in [0, 0.05) is 11.3 Å². The van der Waals surface area contributed by atoms with E-state index in [2.05, 4.69) is 0 Å². The lowest BCUT2D eigenvalue weighted by atomic mass is 10.0. The first-order valence-corrected chi connectivity index (χ1v) is 11.4. The third-order valence-electron chi connectivity index (χ3n) is 5.04. The Hall–Kier alpha value is -1.49. The van der Waals surface area contributed by atoms with Crippen LogP contribution in [-0.2, 0) is 22.2 Å². The van der Waals surface area contributed by atoms with Crippen molar-refractivity contribution < 1.29 is 23.0 Å². The van der Waals surface area contributed by atoms with E-state index in [1.807, 2.05) is 30.1 Å². The van der Waals surface area contributed by atoms with Gasteiger partial charge in [-0.1, -0.05) is 23.7 Å². The van der Waals surface area contributed by atoms with E-state index < -0.39 is 15.7 Å². The normalized spacial score (nSPS) is 24.6. The second kappa shape index (κ2) is 7.08. The molecule has 2 aromatic carbocycles. The van der Waals surface area contributed by atoms with Crippen LogP contribution < -0.4 is 14.6 Å². The number of rotatable bonds is 4. The minimum Gasteiger partial charge on any atom is -0.454 e. The number of ether oxygens (including phenoxy) is 2. The highest BCUT2D eigenvalue weighted by atomic mass is 35.5. The molecule has 0 aliphatic carbocycles. The molecular formula is C18H19ClN2O5S2. The van der Waals surface area contributed by atoms with Gasteiger partial charge in [0.05, 0.1) is 10.4 Å². The number of primary sulfonamides is 1. The molecule has 0 aromatic heterocycles.